The van der Waals surface area contributed by atoms with Crippen LogP contribution in [0.15, 0.2) is 60.7 Å². The summed E-state index contributed by atoms with van der Waals surface area (Å²) in [5.74, 6) is 1.79. The third-order valence-electron chi connectivity index (χ3n) is 5.76. The minimum Gasteiger partial charge on any atom is -0.293 e. The fourth-order valence-electron chi connectivity index (χ4n) is 3.94. The number of aromatic nitrogens is 8. The number of tetrazole rings is 2. The normalized spacial score (nSPS) is 15.2. The van der Waals surface area contributed by atoms with Crippen LogP contribution in [0.3, 0.4) is 0 Å². The van der Waals surface area contributed by atoms with Crippen LogP contribution in [0, 0.1) is 0 Å². The minimum absolute atomic E-state index is 0.688. The maximum Gasteiger partial charge on any atom is 0.165 e. The van der Waals surface area contributed by atoms with E-state index in [4.69, 9.17) is 0 Å². The van der Waals surface area contributed by atoms with Crippen molar-refractivity contribution < 1.29 is 0 Å². The summed E-state index contributed by atoms with van der Waals surface area (Å²) in [6.45, 7) is 6.70. The van der Waals surface area contributed by atoms with E-state index in [1.165, 1.54) is 11.1 Å². The number of benzene rings is 2. The van der Waals surface area contributed by atoms with Gasteiger partial charge in [-0.25, -0.2) is 9.36 Å². The summed E-state index contributed by atoms with van der Waals surface area (Å²) < 4.78 is 3.78. The first-order valence-electron chi connectivity index (χ1n) is 10.9. The van der Waals surface area contributed by atoms with E-state index in [2.05, 4.69) is 65.1 Å². The molecular weight excluding hydrogens is 404 g/mol. The number of nitrogens with zero attached hydrogens (tertiary/aromatic N) is 10. The van der Waals surface area contributed by atoms with Crippen molar-refractivity contribution in [3.05, 3.63) is 83.4 Å². The van der Waals surface area contributed by atoms with Gasteiger partial charge in [0, 0.05) is 26.2 Å². The third-order valence-corrected chi connectivity index (χ3v) is 5.76. The van der Waals surface area contributed by atoms with E-state index in [9.17, 15) is 0 Å². The van der Waals surface area contributed by atoms with Gasteiger partial charge in [-0.05, 0) is 32.0 Å². The Hall–Kier alpha value is -3.50. The predicted molar refractivity (Wildman–Crippen MR) is 117 cm³/mol. The van der Waals surface area contributed by atoms with Crippen LogP contribution >= 0.6 is 0 Å². The largest absolute Gasteiger partial charge is 0.293 e. The van der Waals surface area contributed by atoms with Gasteiger partial charge in [-0.2, -0.15) is 0 Å². The lowest BCUT2D eigenvalue weighted by Crippen LogP contribution is -2.46. The summed E-state index contributed by atoms with van der Waals surface area (Å²) in [6.07, 6.45) is 0. The van der Waals surface area contributed by atoms with Gasteiger partial charge < -0.3 is 0 Å². The van der Waals surface area contributed by atoms with Crippen LogP contribution < -0.4 is 0 Å². The zero-order valence-electron chi connectivity index (χ0n) is 17.9. The Morgan fingerprint density at radius 2 is 0.938 bits per heavy atom. The third kappa shape index (κ3) is 5.04. The zero-order valence-corrected chi connectivity index (χ0v) is 17.9. The van der Waals surface area contributed by atoms with Gasteiger partial charge in [0.25, 0.3) is 0 Å². The van der Waals surface area contributed by atoms with Gasteiger partial charge in [0.1, 0.15) is 0 Å². The number of piperazine rings is 1. The second-order valence-electron chi connectivity index (χ2n) is 8.03. The lowest BCUT2D eigenvalue weighted by Gasteiger charge is -2.33. The molecule has 1 saturated heterocycles. The van der Waals surface area contributed by atoms with Crippen LogP contribution in [0.1, 0.15) is 22.8 Å². The Balaban J connectivity index is 1.14. The molecule has 3 heterocycles. The van der Waals surface area contributed by atoms with Crippen molar-refractivity contribution in [3.8, 4) is 0 Å². The van der Waals surface area contributed by atoms with Crippen LogP contribution in [0.2, 0.25) is 0 Å². The predicted octanol–water partition coefficient (Wildman–Crippen LogP) is 1.07. The molecule has 0 radical (unpaired) electrons. The zero-order chi connectivity index (χ0) is 21.6. The van der Waals surface area contributed by atoms with Crippen LogP contribution in [0.4, 0.5) is 0 Å². The molecule has 2 aromatic heterocycles. The van der Waals surface area contributed by atoms with Crippen molar-refractivity contribution in [1.29, 1.82) is 0 Å². The maximum absolute atomic E-state index is 4.25. The Bertz CT molecular complexity index is 1010. The van der Waals surface area contributed by atoms with Crippen molar-refractivity contribution in [2.75, 3.05) is 26.2 Å². The molecule has 0 bridgehead atoms. The summed E-state index contributed by atoms with van der Waals surface area (Å²) in [5, 5.41) is 24.7. The van der Waals surface area contributed by atoms with Crippen LogP contribution in [0.25, 0.3) is 0 Å². The molecule has 4 aromatic rings. The van der Waals surface area contributed by atoms with E-state index in [1.807, 2.05) is 45.8 Å². The highest BCUT2D eigenvalue weighted by molar-refractivity contribution is 5.15. The summed E-state index contributed by atoms with van der Waals surface area (Å²) in [5.41, 5.74) is 2.39. The van der Waals surface area contributed by atoms with Crippen molar-refractivity contribution >= 4 is 0 Å². The average molecular weight is 431 g/mol. The van der Waals surface area contributed by atoms with E-state index in [0.29, 0.717) is 13.1 Å². The average Bonchev–Trinajstić information content (AvgIpc) is 3.46. The van der Waals surface area contributed by atoms with E-state index >= 15 is 0 Å². The van der Waals surface area contributed by atoms with E-state index in [0.717, 1.165) is 50.9 Å². The van der Waals surface area contributed by atoms with Gasteiger partial charge in [0.15, 0.2) is 11.6 Å². The van der Waals surface area contributed by atoms with E-state index in [1.54, 1.807) is 0 Å². The lowest BCUT2D eigenvalue weighted by molar-refractivity contribution is 0.115. The molecule has 0 amide bonds. The Labute approximate surface area is 186 Å². The summed E-state index contributed by atoms with van der Waals surface area (Å²) in [6, 6.07) is 20.6. The molecule has 32 heavy (non-hydrogen) atoms. The van der Waals surface area contributed by atoms with Gasteiger partial charge in [-0.1, -0.05) is 60.7 Å². The lowest BCUT2D eigenvalue weighted by atomic mass is 10.2. The van der Waals surface area contributed by atoms with Crippen molar-refractivity contribution in [1.82, 2.24) is 50.2 Å². The molecule has 10 heteroatoms. The van der Waals surface area contributed by atoms with E-state index < -0.39 is 0 Å². The van der Waals surface area contributed by atoms with Gasteiger partial charge in [-0.15, -0.1) is 10.2 Å². The standard InChI is InChI=1S/C22H26N10/c1-3-7-19(8-4-1)15-31-21(23-25-27-31)17-29-11-13-30(14-12-29)18-22-24-26-28-32(22)16-20-9-5-2-6-10-20/h1-10H,11-18H2. The smallest absolute Gasteiger partial charge is 0.165 e. The van der Waals surface area contributed by atoms with Gasteiger partial charge in [0.2, 0.25) is 0 Å². The fourth-order valence-corrected chi connectivity index (χ4v) is 3.94. The van der Waals surface area contributed by atoms with Gasteiger partial charge in [0.05, 0.1) is 26.2 Å². The molecule has 0 unspecified atom stereocenters. The molecule has 1 fully saturated rings. The van der Waals surface area contributed by atoms with Gasteiger partial charge in [-0.3, -0.25) is 9.80 Å². The fraction of sp³-hybridized carbons (Fsp3) is 0.364. The first-order chi connectivity index (χ1) is 15.8. The van der Waals surface area contributed by atoms with Crippen LogP contribution in [-0.4, -0.2) is 76.4 Å². The molecule has 1 aliphatic heterocycles. The Kier molecular flexibility index (Phi) is 6.22. The topological polar surface area (TPSA) is 93.7 Å². The number of hydrogen-bond donors (Lipinski definition) is 0. The summed E-state index contributed by atoms with van der Waals surface area (Å²) in [7, 11) is 0. The molecule has 10 nitrogen and oxygen atoms in total. The molecule has 1 aliphatic rings. The van der Waals surface area contributed by atoms with Crippen molar-refractivity contribution in [3.63, 3.8) is 0 Å². The van der Waals surface area contributed by atoms with Crippen molar-refractivity contribution in [2.24, 2.45) is 0 Å². The molecular formula is C22H26N10. The molecule has 0 atom stereocenters. The second kappa shape index (κ2) is 9.75. The van der Waals surface area contributed by atoms with E-state index in [-0.39, 0.29) is 0 Å². The van der Waals surface area contributed by atoms with Crippen LogP contribution in [0.5, 0.6) is 0 Å². The molecule has 2 aromatic carbocycles. The molecule has 0 aliphatic carbocycles. The molecule has 0 saturated carbocycles. The number of hydrogen-bond acceptors (Lipinski definition) is 8. The Morgan fingerprint density at radius 3 is 1.34 bits per heavy atom. The molecule has 164 valence electrons. The quantitative estimate of drug-likeness (QED) is 0.410. The summed E-state index contributed by atoms with van der Waals surface area (Å²) >= 11 is 0. The monoisotopic (exact) mass is 430 g/mol. The molecule has 0 N–H and O–H groups in total. The highest BCUT2D eigenvalue weighted by atomic mass is 15.6. The highest BCUT2D eigenvalue weighted by Crippen LogP contribution is 2.11. The highest BCUT2D eigenvalue weighted by Gasteiger charge is 2.21. The van der Waals surface area contributed by atoms with Crippen molar-refractivity contribution in [2.45, 2.75) is 26.2 Å². The number of rotatable bonds is 8. The first-order valence-corrected chi connectivity index (χ1v) is 10.9. The van der Waals surface area contributed by atoms with Gasteiger partial charge >= 0.3 is 0 Å². The Morgan fingerprint density at radius 1 is 0.531 bits per heavy atom. The second-order valence-corrected chi connectivity index (χ2v) is 8.03. The molecule has 5 rings (SSSR count). The summed E-state index contributed by atoms with van der Waals surface area (Å²) in [4.78, 5) is 4.80. The SMILES string of the molecule is c1ccc(Cn2nnnc2CN2CCN(Cc3nnnn3Cc3ccccc3)CC2)cc1. The molecule has 0 spiro atoms. The minimum atomic E-state index is 0.688. The van der Waals surface area contributed by atoms with Crippen LogP contribution in [-0.2, 0) is 26.2 Å². The maximum atomic E-state index is 4.25. The first kappa shape index (κ1) is 20.4.